The third kappa shape index (κ3) is 5.31. The largest absolute Gasteiger partial charge is 0.465 e. The summed E-state index contributed by atoms with van der Waals surface area (Å²) < 4.78 is 17.7. The molecular weight excluding hydrogens is 377 g/mol. The summed E-state index contributed by atoms with van der Waals surface area (Å²) in [6.45, 7) is 2.20. The topological polar surface area (TPSA) is 78.9 Å². The maximum Gasteiger partial charge on any atom is 0.337 e. The van der Waals surface area contributed by atoms with Crippen LogP contribution in [-0.4, -0.2) is 56.0 Å². The first-order chi connectivity index (χ1) is 14.0. The van der Waals surface area contributed by atoms with E-state index in [0.717, 1.165) is 5.69 Å². The number of carbonyl (C=O) groups is 3. The zero-order valence-corrected chi connectivity index (χ0v) is 16.1. The van der Waals surface area contributed by atoms with E-state index in [4.69, 9.17) is 0 Å². The quantitative estimate of drug-likeness (QED) is 0.617. The van der Waals surface area contributed by atoms with Crippen molar-refractivity contribution < 1.29 is 23.5 Å². The van der Waals surface area contributed by atoms with E-state index in [1.54, 1.807) is 35.2 Å². The Balaban J connectivity index is 1.50. The van der Waals surface area contributed by atoms with E-state index in [2.05, 4.69) is 15.0 Å². The van der Waals surface area contributed by atoms with Crippen molar-refractivity contribution in [2.24, 2.45) is 0 Å². The Bertz CT molecular complexity index is 893. The first kappa shape index (κ1) is 20.3. The molecule has 1 N–H and O–H groups in total. The second kappa shape index (κ2) is 9.18. The minimum Gasteiger partial charge on any atom is -0.465 e. The number of benzene rings is 2. The highest BCUT2D eigenvalue weighted by atomic mass is 19.1. The summed E-state index contributed by atoms with van der Waals surface area (Å²) in [4.78, 5) is 39.9. The van der Waals surface area contributed by atoms with Gasteiger partial charge in [-0.3, -0.25) is 9.59 Å². The molecule has 0 radical (unpaired) electrons. The van der Waals surface area contributed by atoms with Crippen LogP contribution in [0.15, 0.2) is 48.5 Å². The highest BCUT2D eigenvalue weighted by Gasteiger charge is 2.23. The zero-order chi connectivity index (χ0) is 20.8. The molecule has 0 atom stereocenters. The van der Waals surface area contributed by atoms with E-state index in [1.165, 1.54) is 25.3 Å². The van der Waals surface area contributed by atoms with Gasteiger partial charge in [0.15, 0.2) is 0 Å². The SMILES string of the molecule is COC(=O)c1cccc(NC(=O)CC(=O)N2CCN(c3ccc(F)cc3)CC2)c1. The predicted octanol–water partition coefficient (Wildman–Crippen LogP) is 2.29. The van der Waals surface area contributed by atoms with E-state index in [1.807, 2.05) is 0 Å². The van der Waals surface area contributed by atoms with Crippen LogP contribution in [0.3, 0.4) is 0 Å². The molecule has 0 saturated carbocycles. The van der Waals surface area contributed by atoms with Gasteiger partial charge in [0.1, 0.15) is 12.2 Å². The van der Waals surface area contributed by atoms with Crippen molar-refractivity contribution in [2.75, 3.05) is 43.5 Å². The van der Waals surface area contributed by atoms with Crippen LogP contribution >= 0.6 is 0 Å². The number of halogens is 1. The van der Waals surface area contributed by atoms with Crippen molar-refractivity contribution >= 4 is 29.2 Å². The maximum atomic E-state index is 13.0. The molecule has 0 spiro atoms. The summed E-state index contributed by atoms with van der Waals surface area (Å²) in [5.41, 5.74) is 1.64. The number of nitrogens with one attached hydrogen (secondary N) is 1. The molecule has 0 unspecified atom stereocenters. The van der Waals surface area contributed by atoms with Crippen molar-refractivity contribution in [1.82, 2.24) is 4.90 Å². The Kier molecular flexibility index (Phi) is 6.43. The zero-order valence-electron chi connectivity index (χ0n) is 16.1. The van der Waals surface area contributed by atoms with Gasteiger partial charge in [-0.2, -0.15) is 0 Å². The van der Waals surface area contributed by atoms with Crippen LogP contribution < -0.4 is 10.2 Å². The van der Waals surface area contributed by atoms with Crippen LogP contribution in [0.5, 0.6) is 0 Å². The Morgan fingerprint density at radius 1 is 1.03 bits per heavy atom. The van der Waals surface area contributed by atoms with Gasteiger partial charge in [-0.25, -0.2) is 9.18 Å². The number of rotatable bonds is 5. The number of nitrogens with zero attached hydrogens (tertiary/aromatic N) is 2. The Hall–Kier alpha value is -3.42. The van der Waals surface area contributed by atoms with Crippen LogP contribution in [-0.2, 0) is 14.3 Å². The van der Waals surface area contributed by atoms with Gasteiger partial charge in [-0.15, -0.1) is 0 Å². The van der Waals surface area contributed by atoms with Crippen LogP contribution in [0.4, 0.5) is 15.8 Å². The third-order valence-electron chi connectivity index (χ3n) is 4.70. The second-order valence-electron chi connectivity index (χ2n) is 6.64. The molecule has 1 aliphatic heterocycles. The number of hydrogen-bond donors (Lipinski definition) is 1. The summed E-state index contributed by atoms with van der Waals surface area (Å²) >= 11 is 0. The molecule has 1 heterocycles. The van der Waals surface area contributed by atoms with Gasteiger partial charge in [-0.05, 0) is 42.5 Å². The second-order valence-corrected chi connectivity index (χ2v) is 6.64. The summed E-state index contributed by atoms with van der Waals surface area (Å²) in [5, 5.41) is 2.63. The molecule has 3 rings (SSSR count). The molecule has 0 aromatic heterocycles. The monoisotopic (exact) mass is 399 g/mol. The standard InChI is InChI=1S/C21H22FN3O4/c1-29-21(28)15-3-2-4-17(13-15)23-19(26)14-20(27)25-11-9-24(10-12-25)18-7-5-16(22)6-8-18/h2-8,13H,9-12,14H2,1H3,(H,23,26). The Morgan fingerprint density at radius 2 is 1.72 bits per heavy atom. The minimum absolute atomic E-state index is 0.259. The molecule has 7 nitrogen and oxygen atoms in total. The summed E-state index contributed by atoms with van der Waals surface area (Å²) in [6, 6.07) is 12.6. The molecule has 0 aliphatic carbocycles. The van der Waals surface area contributed by atoms with Crippen molar-refractivity contribution in [1.29, 1.82) is 0 Å². The summed E-state index contributed by atoms with van der Waals surface area (Å²) in [7, 11) is 1.28. The first-order valence-electron chi connectivity index (χ1n) is 9.23. The van der Waals surface area contributed by atoms with Crippen LogP contribution in [0.1, 0.15) is 16.8 Å². The van der Waals surface area contributed by atoms with Gasteiger partial charge in [-0.1, -0.05) is 6.07 Å². The highest BCUT2D eigenvalue weighted by molar-refractivity contribution is 6.04. The van der Waals surface area contributed by atoms with E-state index in [9.17, 15) is 18.8 Å². The third-order valence-corrected chi connectivity index (χ3v) is 4.70. The number of ether oxygens (including phenoxy) is 1. The molecule has 152 valence electrons. The van der Waals surface area contributed by atoms with Crippen molar-refractivity contribution in [3.63, 3.8) is 0 Å². The average Bonchev–Trinajstić information content (AvgIpc) is 2.74. The minimum atomic E-state index is -0.504. The van der Waals surface area contributed by atoms with E-state index >= 15 is 0 Å². The molecule has 1 fully saturated rings. The van der Waals surface area contributed by atoms with Crippen molar-refractivity contribution in [3.8, 4) is 0 Å². The van der Waals surface area contributed by atoms with Gasteiger partial charge in [0.25, 0.3) is 0 Å². The fraction of sp³-hybridized carbons (Fsp3) is 0.286. The van der Waals surface area contributed by atoms with Gasteiger partial charge in [0, 0.05) is 37.6 Å². The lowest BCUT2D eigenvalue weighted by atomic mass is 10.2. The molecule has 8 heteroatoms. The fourth-order valence-corrected chi connectivity index (χ4v) is 3.16. The lowest BCUT2D eigenvalue weighted by Crippen LogP contribution is -2.49. The van der Waals surface area contributed by atoms with Crippen LogP contribution in [0.25, 0.3) is 0 Å². The molecule has 29 heavy (non-hydrogen) atoms. The van der Waals surface area contributed by atoms with Gasteiger partial charge >= 0.3 is 5.97 Å². The molecule has 2 amide bonds. The molecule has 0 bridgehead atoms. The number of anilines is 2. The lowest BCUT2D eigenvalue weighted by molar-refractivity contribution is -0.134. The Morgan fingerprint density at radius 3 is 2.38 bits per heavy atom. The Labute approximate surface area is 168 Å². The van der Waals surface area contributed by atoms with Gasteiger partial charge < -0.3 is 19.9 Å². The molecule has 2 aromatic rings. The fourth-order valence-electron chi connectivity index (χ4n) is 3.16. The average molecular weight is 399 g/mol. The molecule has 1 aliphatic rings. The predicted molar refractivity (Wildman–Crippen MR) is 106 cm³/mol. The normalized spacial score (nSPS) is 13.7. The van der Waals surface area contributed by atoms with E-state index in [-0.39, 0.29) is 18.1 Å². The maximum absolute atomic E-state index is 13.0. The van der Waals surface area contributed by atoms with E-state index < -0.39 is 11.9 Å². The lowest BCUT2D eigenvalue weighted by Gasteiger charge is -2.36. The highest BCUT2D eigenvalue weighted by Crippen LogP contribution is 2.17. The van der Waals surface area contributed by atoms with Gasteiger partial charge in [0.2, 0.25) is 11.8 Å². The first-order valence-corrected chi connectivity index (χ1v) is 9.23. The van der Waals surface area contributed by atoms with Crippen molar-refractivity contribution in [3.05, 3.63) is 59.9 Å². The molecular formula is C21H22FN3O4. The summed E-state index contributed by atoms with van der Waals surface area (Å²) in [5.74, 6) is -1.50. The molecule has 1 saturated heterocycles. The van der Waals surface area contributed by atoms with E-state index in [0.29, 0.717) is 37.4 Å². The number of carbonyl (C=O) groups excluding carboxylic acids is 3. The van der Waals surface area contributed by atoms with Crippen LogP contribution in [0, 0.1) is 5.82 Å². The number of esters is 1. The van der Waals surface area contributed by atoms with Crippen LogP contribution in [0.2, 0.25) is 0 Å². The summed E-state index contributed by atoms with van der Waals surface area (Å²) in [6.07, 6.45) is -0.279. The number of methoxy groups -OCH3 is 1. The van der Waals surface area contributed by atoms with Gasteiger partial charge in [0.05, 0.1) is 12.7 Å². The smallest absolute Gasteiger partial charge is 0.337 e. The number of amides is 2. The molecule has 2 aromatic carbocycles. The number of piperazine rings is 1. The number of hydrogen-bond acceptors (Lipinski definition) is 5. The van der Waals surface area contributed by atoms with Crippen molar-refractivity contribution in [2.45, 2.75) is 6.42 Å².